The molecule has 0 aromatic heterocycles. The second-order valence-electron chi connectivity index (χ2n) is 12.8. The maximum Gasteiger partial charge on any atom is 0.330 e. The number of aliphatic hydroxyl groups is 1. The molecule has 2 saturated heterocycles. The van der Waals surface area contributed by atoms with Gasteiger partial charge in [-0.25, -0.2) is 13.6 Å². The highest BCUT2D eigenvalue weighted by atomic mass is 19.1. The predicted molar refractivity (Wildman–Crippen MR) is 180 cm³/mol. The minimum atomic E-state index is -1.19. The first kappa shape index (κ1) is 34.9. The van der Waals surface area contributed by atoms with Crippen LogP contribution in [0.25, 0.3) is 0 Å². The molecular weight excluding hydrogens is 646 g/mol. The monoisotopic (exact) mass is 684 g/mol. The van der Waals surface area contributed by atoms with Crippen LogP contribution >= 0.6 is 0 Å². The number of rotatable bonds is 15. The SMILES string of the molecule is O=C(COC1(CCc2ccc([C@@H]3[C@@H](CC[C@H](O)c4ccc(F)cc4)C(=O)N3c3ccc(F)cc3)cc2)COC1)NC(C(=O)O)c1ccccc1. The molecule has 3 N–H and O–H groups in total. The summed E-state index contributed by atoms with van der Waals surface area (Å²) in [5.74, 6) is -3.05. The summed E-state index contributed by atoms with van der Waals surface area (Å²) in [5.41, 5.74) is 2.82. The van der Waals surface area contributed by atoms with E-state index in [0.29, 0.717) is 55.7 Å². The number of β-lactam (4-membered cyclic amide) rings is 1. The summed E-state index contributed by atoms with van der Waals surface area (Å²) < 4.78 is 38.5. The third-order valence-corrected chi connectivity index (χ3v) is 9.44. The number of ether oxygens (including phenoxy) is 2. The maximum absolute atomic E-state index is 13.7. The van der Waals surface area contributed by atoms with Gasteiger partial charge in [0.25, 0.3) is 0 Å². The Hall–Kier alpha value is -4.97. The van der Waals surface area contributed by atoms with Crippen LogP contribution in [0.2, 0.25) is 0 Å². The van der Waals surface area contributed by atoms with Crippen molar-refractivity contribution in [3.8, 4) is 0 Å². The van der Waals surface area contributed by atoms with Gasteiger partial charge in [0.1, 0.15) is 23.8 Å². The lowest BCUT2D eigenvalue weighted by molar-refractivity contribution is -0.212. The molecule has 2 aliphatic rings. The Balaban J connectivity index is 1.08. The number of nitrogens with one attached hydrogen (secondary N) is 1. The third kappa shape index (κ3) is 7.91. The Kier molecular flexibility index (Phi) is 10.7. The molecule has 2 aliphatic heterocycles. The Morgan fingerprint density at radius 2 is 1.54 bits per heavy atom. The van der Waals surface area contributed by atoms with E-state index in [0.717, 1.165) is 11.1 Å². The van der Waals surface area contributed by atoms with Crippen molar-refractivity contribution >= 4 is 23.5 Å². The van der Waals surface area contributed by atoms with Gasteiger partial charge >= 0.3 is 5.97 Å². The van der Waals surface area contributed by atoms with Gasteiger partial charge < -0.3 is 29.9 Å². The number of halogens is 2. The van der Waals surface area contributed by atoms with Gasteiger partial charge in [0.2, 0.25) is 11.8 Å². The molecule has 4 aromatic rings. The molecule has 260 valence electrons. The van der Waals surface area contributed by atoms with Crippen LogP contribution in [0.4, 0.5) is 14.5 Å². The van der Waals surface area contributed by atoms with E-state index in [1.165, 1.54) is 36.4 Å². The third-order valence-electron chi connectivity index (χ3n) is 9.44. The lowest BCUT2D eigenvalue weighted by atomic mass is 9.78. The number of aliphatic carboxylic acids is 1. The van der Waals surface area contributed by atoms with Crippen LogP contribution in [0, 0.1) is 17.6 Å². The highest BCUT2D eigenvalue weighted by Crippen LogP contribution is 2.46. The number of nitrogens with zero attached hydrogens (tertiary/aromatic N) is 1. The number of hydrogen-bond acceptors (Lipinski definition) is 6. The predicted octanol–water partition coefficient (Wildman–Crippen LogP) is 5.84. The molecule has 0 aliphatic carbocycles. The van der Waals surface area contributed by atoms with E-state index in [2.05, 4.69) is 5.32 Å². The van der Waals surface area contributed by atoms with Crippen molar-refractivity contribution in [1.29, 1.82) is 0 Å². The van der Waals surface area contributed by atoms with Crippen molar-refractivity contribution in [2.24, 2.45) is 5.92 Å². The van der Waals surface area contributed by atoms with E-state index in [9.17, 15) is 33.4 Å². The molecule has 0 spiro atoms. The topological polar surface area (TPSA) is 125 Å². The minimum absolute atomic E-state index is 0.122. The van der Waals surface area contributed by atoms with Gasteiger partial charge in [-0.05, 0) is 84.3 Å². The Bertz CT molecular complexity index is 1780. The molecule has 9 nitrogen and oxygen atoms in total. The van der Waals surface area contributed by atoms with Crippen LogP contribution in [0.15, 0.2) is 103 Å². The van der Waals surface area contributed by atoms with Gasteiger partial charge in [0.05, 0.1) is 31.3 Å². The standard InChI is InChI=1S/C39H38F2N2O7/c40-29-12-10-26(11-13-29)33(44)19-18-32-36(43(37(32)46)31-16-14-30(41)15-17-31)28-8-6-25(7-9-28)20-21-39(23-49-24-39)50-22-34(45)42-35(38(47)48)27-4-2-1-3-5-27/h1-17,32-33,35-36,44H,18-24H2,(H,42,45)(H,47,48)/t32-,33+,35?,36-/m1/s1. The summed E-state index contributed by atoms with van der Waals surface area (Å²) in [6.45, 7) is 0.300. The quantitative estimate of drug-likeness (QED) is 0.134. The van der Waals surface area contributed by atoms with Gasteiger partial charge in [0, 0.05) is 5.69 Å². The van der Waals surface area contributed by atoms with Crippen LogP contribution in [-0.2, 0) is 30.3 Å². The summed E-state index contributed by atoms with van der Waals surface area (Å²) in [5, 5.41) is 22.9. The summed E-state index contributed by atoms with van der Waals surface area (Å²) in [6.07, 6.45) is 1.02. The first-order valence-corrected chi connectivity index (χ1v) is 16.5. The zero-order valence-electron chi connectivity index (χ0n) is 27.2. The van der Waals surface area contributed by atoms with Crippen LogP contribution < -0.4 is 10.2 Å². The average Bonchev–Trinajstić information content (AvgIpc) is 3.10. The van der Waals surface area contributed by atoms with Gasteiger partial charge in [-0.2, -0.15) is 0 Å². The number of benzene rings is 4. The minimum Gasteiger partial charge on any atom is -0.479 e. The molecule has 4 aromatic carbocycles. The van der Waals surface area contributed by atoms with Gasteiger partial charge in [0.15, 0.2) is 6.04 Å². The summed E-state index contributed by atoms with van der Waals surface area (Å²) in [6, 6.07) is 26.2. The van der Waals surface area contributed by atoms with Gasteiger partial charge in [-0.3, -0.25) is 9.59 Å². The molecule has 2 heterocycles. The Morgan fingerprint density at radius 1 is 0.900 bits per heavy atom. The van der Waals surface area contributed by atoms with E-state index in [1.807, 2.05) is 24.3 Å². The number of aryl methyl sites for hydroxylation is 1. The van der Waals surface area contributed by atoms with Crippen molar-refractivity contribution in [1.82, 2.24) is 5.32 Å². The van der Waals surface area contributed by atoms with E-state index in [4.69, 9.17) is 9.47 Å². The fourth-order valence-corrected chi connectivity index (χ4v) is 6.53. The number of hydrogen-bond donors (Lipinski definition) is 3. The molecule has 0 saturated carbocycles. The van der Waals surface area contributed by atoms with Crippen molar-refractivity contribution in [3.05, 3.63) is 137 Å². The van der Waals surface area contributed by atoms with Gasteiger partial charge in [-0.15, -0.1) is 0 Å². The first-order chi connectivity index (χ1) is 24.1. The number of carboxylic acids is 1. The molecule has 0 radical (unpaired) electrons. The zero-order chi connectivity index (χ0) is 35.3. The summed E-state index contributed by atoms with van der Waals surface area (Å²) >= 11 is 0. The smallest absolute Gasteiger partial charge is 0.330 e. The van der Waals surface area contributed by atoms with Crippen LogP contribution in [0.5, 0.6) is 0 Å². The number of carboxylic acid groups (broad SMARTS) is 1. The number of amides is 2. The molecule has 2 amide bonds. The highest BCUT2D eigenvalue weighted by molar-refractivity contribution is 6.03. The average molecular weight is 685 g/mol. The molecule has 1 unspecified atom stereocenters. The van der Waals surface area contributed by atoms with E-state index < -0.39 is 47.2 Å². The number of carbonyl (C=O) groups excluding carboxylic acids is 2. The second kappa shape index (κ2) is 15.3. The van der Waals surface area contributed by atoms with E-state index in [-0.39, 0.29) is 18.6 Å². The molecule has 11 heteroatoms. The second-order valence-corrected chi connectivity index (χ2v) is 12.8. The van der Waals surface area contributed by atoms with Crippen LogP contribution in [0.1, 0.15) is 59.7 Å². The fourth-order valence-electron chi connectivity index (χ4n) is 6.53. The lowest BCUT2D eigenvalue weighted by Crippen LogP contribution is -2.55. The lowest BCUT2D eigenvalue weighted by Gasteiger charge is -2.48. The molecular formula is C39H38F2N2O7. The van der Waals surface area contributed by atoms with Crippen molar-refractivity contribution < 1.29 is 42.9 Å². The molecule has 6 rings (SSSR count). The van der Waals surface area contributed by atoms with E-state index >= 15 is 0 Å². The maximum atomic E-state index is 13.7. The zero-order valence-corrected chi connectivity index (χ0v) is 27.2. The van der Waals surface area contributed by atoms with Crippen LogP contribution in [-0.4, -0.2) is 53.4 Å². The van der Waals surface area contributed by atoms with Crippen molar-refractivity contribution in [2.45, 2.75) is 49.5 Å². The highest BCUT2D eigenvalue weighted by Gasteiger charge is 2.48. The summed E-state index contributed by atoms with van der Waals surface area (Å²) in [7, 11) is 0. The number of aliphatic hydroxyl groups excluding tert-OH is 1. The largest absolute Gasteiger partial charge is 0.479 e. The van der Waals surface area contributed by atoms with Crippen LogP contribution in [0.3, 0.4) is 0 Å². The summed E-state index contributed by atoms with van der Waals surface area (Å²) in [4.78, 5) is 39.5. The molecule has 0 bridgehead atoms. The molecule has 4 atom stereocenters. The Morgan fingerprint density at radius 3 is 2.14 bits per heavy atom. The van der Waals surface area contributed by atoms with Gasteiger partial charge in [-0.1, -0.05) is 66.7 Å². The Labute approximate surface area is 288 Å². The number of anilines is 1. The first-order valence-electron chi connectivity index (χ1n) is 16.5. The van der Waals surface area contributed by atoms with Crippen molar-refractivity contribution in [3.63, 3.8) is 0 Å². The normalized spacial score (nSPS) is 19.2. The fraction of sp³-hybridized carbons (Fsp3) is 0.308. The molecule has 2 fully saturated rings. The molecule has 50 heavy (non-hydrogen) atoms. The van der Waals surface area contributed by atoms with Crippen molar-refractivity contribution in [2.75, 3.05) is 24.7 Å². The van der Waals surface area contributed by atoms with E-state index in [1.54, 1.807) is 47.4 Å². The number of carbonyl (C=O) groups is 3.